The summed E-state index contributed by atoms with van der Waals surface area (Å²) in [5.74, 6) is 0. The van der Waals surface area contributed by atoms with E-state index in [2.05, 4.69) is 50.3 Å². The molecule has 0 radical (unpaired) electrons. The number of hydrogen-bond donors (Lipinski definition) is 0. The highest BCUT2D eigenvalue weighted by Crippen LogP contribution is 2.00. The molecule has 0 aromatic carbocycles. The van der Waals surface area contributed by atoms with Crippen molar-refractivity contribution < 1.29 is 0 Å². The zero-order chi connectivity index (χ0) is 11.2. The smallest absolute Gasteiger partial charge is 0.0169 e. The minimum atomic E-state index is 1.10. The summed E-state index contributed by atoms with van der Waals surface area (Å²) in [6.07, 6.45) is 22.1. The minimum absolute atomic E-state index is 1.10. The highest BCUT2D eigenvalue weighted by molar-refractivity contribution is 4.92. The quantitative estimate of drug-likeness (QED) is 0.349. The molecule has 15 heavy (non-hydrogen) atoms. The Balaban J connectivity index is 3.19. The molecule has 0 bridgehead atoms. The van der Waals surface area contributed by atoms with Gasteiger partial charge in [-0.1, -0.05) is 56.7 Å². The van der Waals surface area contributed by atoms with Crippen LogP contribution < -0.4 is 0 Å². The third-order valence-corrected chi connectivity index (χ3v) is 2.20. The highest BCUT2D eigenvalue weighted by atomic mass is 13.9. The maximum absolute atomic E-state index is 2.31. The maximum Gasteiger partial charge on any atom is -0.0169 e. The molecule has 0 aliphatic rings. The molecule has 0 saturated heterocycles. The summed E-state index contributed by atoms with van der Waals surface area (Å²) in [6.45, 7) is 4.39. The molecule has 0 saturated carbocycles. The van der Waals surface area contributed by atoms with E-state index in [0.717, 1.165) is 12.8 Å². The maximum atomic E-state index is 2.31. The molecule has 0 aliphatic carbocycles. The van der Waals surface area contributed by atoms with Crippen LogP contribution in [0.1, 0.15) is 58.8 Å². The van der Waals surface area contributed by atoms with Gasteiger partial charge < -0.3 is 0 Å². The Kier molecular flexibility index (Phi) is 12.5. The van der Waals surface area contributed by atoms with Crippen LogP contribution in [0.4, 0.5) is 0 Å². The van der Waals surface area contributed by atoms with Gasteiger partial charge in [0, 0.05) is 0 Å². The summed E-state index contributed by atoms with van der Waals surface area (Å²) in [4.78, 5) is 0. The van der Waals surface area contributed by atoms with Crippen LogP contribution in [-0.2, 0) is 0 Å². The number of unbranched alkanes of at least 4 members (excludes halogenated alkanes) is 3. The van der Waals surface area contributed by atoms with Crippen LogP contribution in [0.2, 0.25) is 0 Å². The number of hydrogen-bond acceptors (Lipinski definition) is 0. The highest BCUT2D eigenvalue weighted by Gasteiger charge is 1.80. The van der Waals surface area contributed by atoms with E-state index in [0.29, 0.717) is 0 Å². The van der Waals surface area contributed by atoms with Crippen molar-refractivity contribution in [2.75, 3.05) is 0 Å². The first kappa shape index (κ1) is 14.2. The fourth-order valence-electron chi connectivity index (χ4n) is 1.31. The van der Waals surface area contributed by atoms with E-state index in [1.165, 1.54) is 32.1 Å². The van der Waals surface area contributed by atoms with Gasteiger partial charge in [0.15, 0.2) is 0 Å². The third-order valence-electron chi connectivity index (χ3n) is 2.20. The summed E-state index contributed by atoms with van der Waals surface area (Å²) in [7, 11) is 0. The minimum Gasteiger partial charge on any atom is -0.0885 e. The molecule has 0 heteroatoms. The lowest BCUT2D eigenvalue weighted by molar-refractivity contribution is 0.857. The molecule has 0 atom stereocenters. The lowest BCUT2D eigenvalue weighted by atomic mass is 10.2. The molecule has 0 aromatic heterocycles. The number of allylic oxidation sites excluding steroid dienone is 6. The van der Waals surface area contributed by atoms with Crippen molar-refractivity contribution in [1.82, 2.24) is 0 Å². The van der Waals surface area contributed by atoms with Gasteiger partial charge in [0.05, 0.1) is 0 Å². The van der Waals surface area contributed by atoms with Crippen LogP contribution in [0.15, 0.2) is 36.5 Å². The fourth-order valence-corrected chi connectivity index (χ4v) is 1.31. The predicted molar refractivity (Wildman–Crippen MR) is 71.1 cm³/mol. The van der Waals surface area contributed by atoms with Crippen molar-refractivity contribution in [1.29, 1.82) is 0 Å². The number of rotatable bonds is 9. The van der Waals surface area contributed by atoms with Crippen LogP contribution in [0, 0.1) is 0 Å². The molecule has 0 amide bonds. The molecular weight excluding hydrogens is 180 g/mol. The second-order valence-electron chi connectivity index (χ2n) is 3.78. The van der Waals surface area contributed by atoms with Crippen molar-refractivity contribution in [3.8, 4) is 0 Å². The molecule has 0 heterocycles. The van der Waals surface area contributed by atoms with Crippen molar-refractivity contribution >= 4 is 0 Å². The van der Waals surface area contributed by atoms with Gasteiger partial charge in [-0.2, -0.15) is 0 Å². The van der Waals surface area contributed by atoms with E-state index in [4.69, 9.17) is 0 Å². The monoisotopic (exact) mass is 206 g/mol. The molecular formula is C15H26. The van der Waals surface area contributed by atoms with E-state index in [1.54, 1.807) is 0 Å². The van der Waals surface area contributed by atoms with Crippen molar-refractivity contribution in [3.63, 3.8) is 0 Å². The van der Waals surface area contributed by atoms with Gasteiger partial charge in [0.25, 0.3) is 0 Å². The largest absolute Gasteiger partial charge is 0.0885 e. The normalized spacial score (nSPS) is 12.4. The Bertz CT molecular complexity index is 184. The van der Waals surface area contributed by atoms with E-state index in [9.17, 15) is 0 Å². The average molecular weight is 206 g/mol. The van der Waals surface area contributed by atoms with E-state index >= 15 is 0 Å². The molecule has 0 nitrogen and oxygen atoms in total. The lowest BCUT2D eigenvalue weighted by Crippen LogP contribution is -1.70. The second kappa shape index (κ2) is 13.2. The van der Waals surface area contributed by atoms with Gasteiger partial charge in [-0.3, -0.25) is 0 Å². The Morgan fingerprint density at radius 2 is 1.27 bits per heavy atom. The Hall–Kier alpha value is -0.780. The fraction of sp³-hybridized carbons (Fsp3) is 0.600. The van der Waals surface area contributed by atoms with Gasteiger partial charge >= 0.3 is 0 Å². The average Bonchev–Trinajstić information content (AvgIpc) is 2.26. The molecule has 0 unspecified atom stereocenters. The van der Waals surface area contributed by atoms with Crippen molar-refractivity contribution in [3.05, 3.63) is 36.5 Å². The van der Waals surface area contributed by atoms with Crippen LogP contribution in [-0.4, -0.2) is 0 Å². The van der Waals surface area contributed by atoms with Gasteiger partial charge in [0.2, 0.25) is 0 Å². The Morgan fingerprint density at radius 1 is 0.667 bits per heavy atom. The first-order valence-electron chi connectivity index (χ1n) is 6.36. The Labute approximate surface area is 95.8 Å². The Morgan fingerprint density at radius 3 is 1.93 bits per heavy atom. The van der Waals surface area contributed by atoms with Crippen molar-refractivity contribution in [2.24, 2.45) is 0 Å². The summed E-state index contributed by atoms with van der Waals surface area (Å²) in [6, 6.07) is 0. The van der Waals surface area contributed by atoms with Crippen molar-refractivity contribution in [2.45, 2.75) is 58.8 Å². The summed E-state index contributed by atoms with van der Waals surface area (Å²) in [5, 5.41) is 0. The zero-order valence-electron chi connectivity index (χ0n) is 10.4. The molecule has 0 spiro atoms. The van der Waals surface area contributed by atoms with E-state index in [-0.39, 0.29) is 0 Å². The van der Waals surface area contributed by atoms with E-state index < -0.39 is 0 Å². The van der Waals surface area contributed by atoms with Crippen LogP contribution in [0.5, 0.6) is 0 Å². The topological polar surface area (TPSA) is 0 Å². The molecule has 86 valence electrons. The van der Waals surface area contributed by atoms with Gasteiger partial charge in [-0.15, -0.1) is 0 Å². The summed E-state index contributed by atoms with van der Waals surface area (Å²) in [5.41, 5.74) is 0. The third kappa shape index (κ3) is 13.2. The van der Waals surface area contributed by atoms with Crippen LogP contribution in [0.3, 0.4) is 0 Å². The van der Waals surface area contributed by atoms with Gasteiger partial charge in [-0.25, -0.2) is 0 Å². The first-order chi connectivity index (χ1) is 7.41. The molecule has 0 N–H and O–H groups in total. The lowest BCUT2D eigenvalue weighted by Gasteiger charge is -1.90. The first-order valence-corrected chi connectivity index (χ1v) is 6.36. The second-order valence-corrected chi connectivity index (χ2v) is 3.78. The molecule has 0 aromatic rings. The van der Waals surface area contributed by atoms with Crippen LogP contribution in [0.25, 0.3) is 0 Å². The van der Waals surface area contributed by atoms with Gasteiger partial charge in [0.1, 0.15) is 0 Å². The SMILES string of the molecule is CCC=CCC=CCCCC=CCCC. The predicted octanol–water partition coefficient (Wildman–Crippen LogP) is 5.43. The molecule has 0 fully saturated rings. The summed E-state index contributed by atoms with van der Waals surface area (Å²) >= 11 is 0. The van der Waals surface area contributed by atoms with Gasteiger partial charge in [-0.05, 0) is 38.5 Å². The molecule has 0 aliphatic heterocycles. The standard InChI is InChI=1S/C15H26/c1-3-5-7-9-11-13-15-14-12-10-8-6-4-2/h5,7-8,10-11,13H,3-4,6,9,12,14-15H2,1-2H3. The van der Waals surface area contributed by atoms with Crippen LogP contribution >= 0.6 is 0 Å². The molecule has 0 rings (SSSR count). The summed E-state index contributed by atoms with van der Waals surface area (Å²) < 4.78 is 0. The zero-order valence-corrected chi connectivity index (χ0v) is 10.4. The van der Waals surface area contributed by atoms with E-state index in [1.807, 2.05) is 0 Å².